The van der Waals surface area contributed by atoms with Crippen LogP contribution in [0.4, 0.5) is 5.69 Å². The normalized spacial score (nSPS) is 11.7. The van der Waals surface area contributed by atoms with Crippen molar-refractivity contribution >= 4 is 38.5 Å². The maximum absolute atomic E-state index is 12.1. The Balaban J connectivity index is 1.96. The van der Waals surface area contributed by atoms with Crippen LogP contribution in [0.5, 0.6) is 0 Å². The first-order valence-electron chi connectivity index (χ1n) is 6.90. The van der Waals surface area contributed by atoms with Crippen LogP contribution in [0.1, 0.15) is 5.56 Å². The summed E-state index contributed by atoms with van der Waals surface area (Å²) in [5.41, 5.74) is 1.83. The number of thioether (sulfide) groups is 1. The van der Waals surface area contributed by atoms with Gasteiger partial charge in [0, 0.05) is 17.9 Å². The second-order valence-electron chi connectivity index (χ2n) is 5.13. The van der Waals surface area contributed by atoms with Gasteiger partial charge in [-0.2, -0.15) is 0 Å². The molecule has 2 aromatic carbocycles. The molecular formula is C15H13N3O4S2. The molecule has 0 aliphatic rings. The minimum atomic E-state index is -3.52. The van der Waals surface area contributed by atoms with Gasteiger partial charge in [0.25, 0.3) is 5.69 Å². The molecule has 9 heteroatoms. The summed E-state index contributed by atoms with van der Waals surface area (Å²) in [4.78, 5) is 14.7. The molecule has 24 heavy (non-hydrogen) atoms. The summed E-state index contributed by atoms with van der Waals surface area (Å²) in [5, 5.41) is 11.2. The fourth-order valence-corrected chi connectivity index (χ4v) is 4.56. The summed E-state index contributed by atoms with van der Waals surface area (Å²) in [6, 6.07) is 13.2. The number of nitrogens with zero attached hydrogens (tertiary/aromatic N) is 3. The SMILES string of the molecule is CS(=O)(=O)n1c(SCc2cccc([N+](=O)[O-])c2)nc2ccccc21. The Kier molecular flexibility index (Phi) is 4.29. The minimum Gasteiger partial charge on any atom is -0.258 e. The average molecular weight is 363 g/mol. The molecule has 0 saturated heterocycles. The summed E-state index contributed by atoms with van der Waals surface area (Å²) in [7, 11) is -3.52. The lowest BCUT2D eigenvalue weighted by Crippen LogP contribution is -2.11. The number of hydrogen-bond donors (Lipinski definition) is 0. The summed E-state index contributed by atoms with van der Waals surface area (Å²) in [6.07, 6.45) is 1.12. The van der Waals surface area contributed by atoms with Crippen LogP contribution in [0.15, 0.2) is 53.7 Å². The van der Waals surface area contributed by atoms with Gasteiger partial charge in [0.05, 0.1) is 22.2 Å². The topological polar surface area (TPSA) is 95.1 Å². The van der Waals surface area contributed by atoms with Crippen molar-refractivity contribution < 1.29 is 13.3 Å². The van der Waals surface area contributed by atoms with E-state index in [1.165, 1.54) is 27.9 Å². The van der Waals surface area contributed by atoms with Gasteiger partial charge < -0.3 is 0 Å². The quantitative estimate of drug-likeness (QED) is 0.393. The lowest BCUT2D eigenvalue weighted by molar-refractivity contribution is -0.384. The van der Waals surface area contributed by atoms with E-state index in [0.29, 0.717) is 21.9 Å². The lowest BCUT2D eigenvalue weighted by Gasteiger charge is -2.06. The fraction of sp³-hybridized carbons (Fsp3) is 0.133. The van der Waals surface area contributed by atoms with Crippen LogP contribution in [0.25, 0.3) is 11.0 Å². The highest BCUT2D eigenvalue weighted by Gasteiger charge is 2.18. The van der Waals surface area contributed by atoms with E-state index in [1.807, 2.05) is 0 Å². The zero-order chi connectivity index (χ0) is 17.3. The maximum Gasteiger partial charge on any atom is 0.269 e. The van der Waals surface area contributed by atoms with Crippen molar-refractivity contribution in [2.75, 3.05) is 6.26 Å². The van der Waals surface area contributed by atoms with Crippen molar-refractivity contribution in [3.63, 3.8) is 0 Å². The van der Waals surface area contributed by atoms with Crippen LogP contribution in [0, 0.1) is 10.1 Å². The molecule has 124 valence electrons. The number of hydrogen-bond acceptors (Lipinski definition) is 6. The lowest BCUT2D eigenvalue weighted by atomic mass is 10.2. The van der Waals surface area contributed by atoms with Crippen molar-refractivity contribution in [1.82, 2.24) is 8.96 Å². The van der Waals surface area contributed by atoms with Crippen LogP contribution < -0.4 is 0 Å². The highest BCUT2D eigenvalue weighted by molar-refractivity contribution is 7.99. The third-order valence-corrected chi connectivity index (χ3v) is 5.47. The number of rotatable bonds is 5. The van der Waals surface area contributed by atoms with Gasteiger partial charge >= 0.3 is 0 Å². The molecule has 0 fully saturated rings. The third kappa shape index (κ3) is 3.26. The second kappa shape index (κ2) is 6.25. The van der Waals surface area contributed by atoms with Crippen molar-refractivity contribution in [2.24, 2.45) is 0 Å². The fourth-order valence-electron chi connectivity index (χ4n) is 2.30. The largest absolute Gasteiger partial charge is 0.269 e. The number of nitro benzene ring substituents is 1. The molecule has 3 aromatic rings. The van der Waals surface area contributed by atoms with Gasteiger partial charge in [-0.05, 0) is 17.7 Å². The predicted octanol–water partition coefficient (Wildman–Crippen LogP) is 3.04. The monoisotopic (exact) mass is 363 g/mol. The van der Waals surface area contributed by atoms with Gasteiger partial charge in [0.15, 0.2) is 5.16 Å². The van der Waals surface area contributed by atoms with E-state index >= 15 is 0 Å². The minimum absolute atomic E-state index is 0.00437. The van der Waals surface area contributed by atoms with Crippen LogP contribution in [0.2, 0.25) is 0 Å². The van der Waals surface area contributed by atoms with E-state index in [0.717, 1.165) is 11.8 Å². The average Bonchev–Trinajstić information content (AvgIpc) is 2.91. The molecular weight excluding hydrogens is 350 g/mol. The maximum atomic E-state index is 12.1. The zero-order valence-corrected chi connectivity index (χ0v) is 14.3. The number of imidazole rings is 1. The van der Waals surface area contributed by atoms with Gasteiger partial charge in [-0.3, -0.25) is 10.1 Å². The molecule has 0 unspecified atom stereocenters. The molecule has 0 saturated carbocycles. The first kappa shape index (κ1) is 16.5. The second-order valence-corrected chi connectivity index (χ2v) is 7.90. The Morgan fingerprint density at radius 1 is 1.21 bits per heavy atom. The van der Waals surface area contributed by atoms with Crippen molar-refractivity contribution in [3.05, 3.63) is 64.2 Å². The molecule has 0 bridgehead atoms. The first-order valence-corrected chi connectivity index (χ1v) is 9.74. The smallest absolute Gasteiger partial charge is 0.258 e. The molecule has 1 heterocycles. The molecule has 0 aliphatic carbocycles. The molecule has 1 aromatic heterocycles. The van der Waals surface area contributed by atoms with Gasteiger partial charge in [0.2, 0.25) is 10.0 Å². The molecule has 0 N–H and O–H groups in total. The third-order valence-electron chi connectivity index (χ3n) is 3.31. The number of para-hydroxylation sites is 2. The number of nitro groups is 1. The van der Waals surface area contributed by atoms with Crippen molar-refractivity contribution in [1.29, 1.82) is 0 Å². The summed E-state index contributed by atoms with van der Waals surface area (Å²) < 4.78 is 25.4. The molecule has 0 atom stereocenters. The van der Waals surface area contributed by atoms with Crippen LogP contribution >= 0.6 is 11.8 Å². The van der Waals surface area contributed by atoms with Crippen LogP contribution in [-0.4, -0.2) is 28.6 Å². The number of benzene rings is 2. The molecule has 7 nitrogen and oxygen atoms in total. The highest BCUT2D eigenvalue weighted by atomic mass is 32.2. The van der Waals surface area contributed by atoms with E-state index in [1.54, 1.807) is 36.4 Å². The number of non-ortho nitro benzene ring substituents is 1. The predicted molar refractivity (Wildman–Crippen MR) is 92.6 cm³/mol. The molecule has 0 radical (unpaired) electrons. The van der Waals surface area contributed by atoms with E-state index in [9.17, 15) is 18.5 Å². The van der Waals surface area contributed by atoms with E-state index in [2.05, 4.69) is 4.98 Å². The van der Waals surface area contributed by atoms with Crippen molar-refractivity contribution in [3.8, 4) is 0 Å². The Bertz CT molecular complexity index is 1030. The van der Waals surface area contributed by atoms with E-state index in [4.69, 9.17) is 0 Å². The van der Waals surface area contributed by atoms with Gasteiger partial charge in [-0.15, -0.1) is 0 Å². The van der Waals surface area contributed by atoms with Crippen molar-refractivity contribution in [2.45, 2.75) is 10.9 Å². The Hall–Kier alpha value is -2.39. The Labute approximate surface area is 142 Å². The first-order chi connectivity index (χ1) is 11.4. The summed E-state index contributed by atoms with van der Waals surface area (Å²) in [6.45, 7) is 0. The van der Waals surface area contributed by atoms with Crippen LogP contribution in [0.3, 0.4) is 0 Å². The molecule has 0 aliphatic heterocycles. The van der Waals surface area contributed by atoms with Gasteiger partial charge in [-0.25, -0.2) is 17.4 Å². The van der Waals surface area contributed by atoms with E-state index < -0.39 is 14.9 Å². The van der Waals surface area contributed by atoms with Crippen LogP contribution in [-0.2, 0) is 15.8 Å². The summed E-state index contributed by atoms with van der Waals surface area (Å²) in [5.74, 6) is 0.376. The molecule has 3 rings (SSSR count). The number of aromatic nitrogens is 2. The molecule has 0 amide bonds. The van der Waals surface area contributed by atoms with E-state index in [-0.39, 0.29) is 5.69 Å². The Morgan fingerprint density at radius 3 is 2.67 bits per heavy atom. The van der Waals surface area contributed by atoms with Gasteiger partial charge in [0.1, 0.15) is 0 Å². The standard InChI is InChI=1S/C15H13N3O4S2/c1-24(21,22)17-14-8-3-2-7-13(14)16-15(17)23-10-11-5-4-6-12(9-11)18(19)20/h2-9H,10H2,1H3. The zero-order valence-electron chi connectivity index (χ0n) is 12.6. The molecule has 0 spiro atoms. The highest BCUT2D eigenvalue weighted by Crippen LogP contribution is 2.28. The summed E-state index contributed by atoms with van der Waals surface area (Å²) >= 11 is 1.22. The Morgan fingerprint density at radius 2 is 1.96 bits per heavy atom. The van der Waals surface area contributed by atoms with Gasteiger partial charge in [-0.1, -0.05) is 36.0 Å². The number of fused-ring (bicyclic) bond motifs is 1.